The second-order valence-corrected chi connectivity index (χ2v) is 9.24. The summed E-state index contributed by atoms with van der Waals surface area (Å²) in [6, 6.07) is 0. The maximum absolute atomic E-state index is 11.0. The summed E-state index contributed by atoms with van der Waals surface area (Å²) < 4.78 is 11.1. The van der Waals surface area contributed by atoms with Gasteiger partial charge in [-0.15, -0.1) is 0 Å². The molecule has 0 amide bonds. The van der Waals surface area contributed by atoms with Crippen LogP contribution in [0.1, 0.15) is 109 Å². The molecule has 0 radical (unpaired) electrons. The number of hydrogen-bond donors (Lipinski definition) is 0. The Hall–Kier alpha value is 0.400. The topological polar surface area (TPSA) is 52.6 Å². The lowest BCUT2D eigenvalue weighted by molar-refractivity contribution is -0.141. The SMILES string of the molecule is O=C(CI)OCCCCCCCCCCCCCCCCCCCOC(=O)CI. The van der Waals surface area contributed by atoms with E-state index in [0.717, 1.165) is 12.8 Å². The maximum atomic E-state index is 11.0. The van der Waals surface area contributed by atoms with Crippen LogP contribution in [0.25, 0.3) is 0 Å². The third-order valence-electron chi connectivity index (χ3n) is 5.03. The first-order valence-electron chi connectivity index (χ1n) is 11.6. The molecule has 0 fully saturated rings. The second-order valence-electron chi connectivity index (χ2n) is 7.72. The van der Waals surface area contributed by atoms with Gasteiger partial charge >= 0.3 is 11.9 Å². The molecule has 0 N–H and O–H groups in total. The largest absolute Gasteiger partial charge is 0.465 e. The molecule has 172 valence electrons. The zero-order chi connectivity index (χ0) is 21.4. The van der Waals surface area contributed by atoms with E-state index in [4.69, 9.17) is 9.47 Å². The number of esters is 2. The summed E-state index contributed by atoms with van der Waals surface area (Å²) in [7, 11) is 0. The Morgan fingerprint density at radius 1 is 0.414 bits per heavy atom. The third kappa shape index (κ3) is 24.5. The summed E-state index contributed by atoms with van der Waals surface area (Å²) in [4.78, 5) is 22.0. The molecule has 0 aliphatic rings. The van der Waals surface area contributed by atoms with E-state index in [1.807, 2.05) is 45.2 Å². The first kappa shape index (κ1) is 29.4. The van der Waals surface area contributed by atoms with E-state index in [0.29, 0.717) is 22.1 Å². The van der Waals surface area contributed by atoms with Crippen molar-refractivity contribution < 1.29 is 19.1 Å². The predicted molar refractivity (Wildman–Crippen MR) is 138 cm³/mol. The van der Waals surface area contributed by atoms with Crippen LogP contribution in [-0.4, -0.2) is 34.0 Å². The van der Waals surface area contributed by atoms with E-state index in [-0.39, 0.29) is 11.9 Å². The van der Waals surface area contributed by atoms with Crippen molar-refractivity contribution in [1.82, 2.24) is 0 Å². The molecule has 0 saturated heterocycles. The van der Waals surface area contributed by atoms with Crippen LogP contribution in [-0.2, 0) is 19.1 Å². The Morgan fingerprint density at radius 3 is 0.828 bits per heavy atom. The minimum Gasteiger partial charge on any atom is -0.465 e. The molecule has 6 heteroatoms. The van der Waals surface area contributed by atoms with E-state index >= 15 is 0 Å². The van der Waals surface area contributed by atoms with Gasteiger partial charge in [-0.25, -0.2) is 0 Å². The smallest absolute Gasteiger partial charge is 0.315 e. The number of carbonyl (C=O) groups excluding carboxylic acids is 2. The summed E-state index contributed by atoms with van der Waals surface area (Å²) in [5.74, 6) is -0.178. The average Bonchev–Trinajstić information content (AvgIpc) is 2.74. The highest BCUT2D eigenvalue weighted by Gasteiger charge is 1.99. The molecular weight excluding hydrogens is 594 g/mol. The first-order valence-corrected chi connectivity index (χ1v) is 14.7. The molecule has 0 bridgehead atoms. The number of alkyl halides is 2. The molecule has 0 aromatic rings. The molecule has 4 nitrogen and oxygen atoms in total. The van der Waals surface area contributed by atoms with Gasteiger partial charge in [0.05, 0.1) is 22.1 Å². The fourth-order valence-corrected chi connectivity index (χ4v) is 3.75. The lowest BCUT2D eigenvalue weighted by atomic mass is 10.0. The molecule has 0 rings (SSSR count). The standard InChI is InChI=1S/C23H42I2O4/c24-20-22(26)28-18-16-14-12-10-8-6-4-2-1-3-5-7-9-11-13-15-17-19-29-23(27)21-25/h1-21H2. The molecule has 0 spiro atoms. The van der Waals surface area contributed by atoms with Crippen LogP contribution in [0.4, 0.5) is 0 Å². The average molecular weight is 636 g/mol. The van der Waals surface area contributed by atoms with E-state index < -0.39 is 0 Å². The summed E-state index contributed by atoms with van der Waals surface area (Å²) >= 11 is 4.07. The number of rotatable bonds is 22. The summed E-state index contributed by atoms with van der Waals surface area (Å²) in [6.07, 6.45) is 22.0. The first-order chi connectivity index (χ1) is 14.2. The molecule has 0 aliphatic heterocycles. The van der Waals surface area contributed by atoms with Gasteiger partial charge < -0.3 is 9.47 Å². The van der Waals surface area contributed by atoms with Gasteiger partial charge in [-0.1, -0.05) is 141 Å². The summed E-state index contributed by atoms with van der Waals surface area (Å²) in [5, 5.41) is 0. The molecule has 0 unspecified atom stereocenters. The normalized spacial score (nSPS) is 10.8. The molecule has 0 aliphatic carbocycles. The van der Waals surface area contributed by atoms with Gasteiger partial charge in [0, 0.05) is 0 Å². The van der Waals surface area contributed by atoms with Crippen LogP contribution in [0, 0.1) is 0 Å². The Balaban J connectivity index is 3.05. The van der Waals surface area contributed by atoms with E-state index in [9.17, 15) is 9.59 Å². The highest BCUT2D eigenvalue weighted by atomic mass is 127. The van der Waals surface area contributed by atoms with Crippen molar-refractivity contribution in [2.45, 2.75) is 109 Å². The van der Waals surface area contributed by atoms with Crippen molar-refractivity contribution in [1.29, 1.82) is 0 Å². The lowest BCUT2D eigenvalue weighted by Crippen LogP contribution is -2.06. The van der Waals surface area contributed by atoms with Crippen LogP contribution in [0.15, 0.2) is 0 Å². The van der Waals surface area contributed by atoms with Gasteiger partial charge in [0.2, 0.25) is 0 Å². The number of ether oxygens (including phenoxy) is 2. The minimum atomic E-state index is -0.0891. The van der Waals surface area contributed by atoms with Crippen LogP contribution >= 0.6 is 45.2 Å². The van der Waals surface area contributed by atoms with Gasteiger partial charge in [-0.05, 0) is 12.8 Å². The van der Waals surface area contributed by atoms with Crippen LogP contribution in [0.5, 0.6) is 0 Å². The fraction of sp³-hybridized carbons (Fsp3) is 0.913. The number of unbranched alkanes of at least 4 members (excludes halogenated alkanes) is 16. The minimum absolute atomic E-state index is 0.0891. The molecule has 0 saturated carbocycles. The van der Waals surface area contributed by atoms with Crippen LogP contribution in [0.2, 0.25) is 0 Å². The third-order valence-corrected chi connectivity index (χ3v) is 6.28. The number of halogens is 2. The molecule has 0 heterocycles. The molecule has 29 heavy (non-hydrogen) atoms. The Bertz CT molecular complexity index is 344. The molecule has 0 aromatic carbocycles. The second kappa shape index (κ2) is 24.7. The molecular formula is C23H42I2O4. The Kier molecular flexibility index (Phi) is 25.0. The van der Waals surface area contributed by atoms with Crippen LogP contribution < -0.4 is 0 Å². The lowest BCUT2D eigenvalue weighted by Gasteiger charge is -2.05. The summed E-state index contributed by atoms with van der Waals surface area (Å²) in [6.45, 7) is 1.19. The van der Waals surface area contributed by atoms with Gasteiger partial charge in [0.1, 0.15) is 0 Å². The monoisotopic (exact) mass is 636 g/mol. The van der Waals surface area contributed by atoms with Crippen molar-refractivity contribution in [3.63, 3.8) is 0 Å². The molecule has 0 atom stereocenters. The highest BCUT2D eigenvalue weighted by molar-refractivity contribution is 14.1. The zero-order valence-electron chi connectivity index (χ0n) is 18.2. The fourth-order valence-electron chi connectivity index (χ4n) is 3.30. The van der Waals surface area contributed by atoms with E-state index in [2.05, 4.69) is 0 Å². The maximum Gasteiger partial charge on any atom is 0.315 e. The number of hydrogen-bond acceptors (Lipinski definition) is 4. The van der Waals surface area contributed by atoms with Crippen molar-refractivity contribution in [2.75, 3.05) is 22.1 Å². The predicted octanol–water partition coefficient (Wildman–Crippen LogP) is 7.57. The van der Waals surface area contributed by atoms with Gasteiger partial charge in [-0.2, -0.15) is 0 Å². The van der Waals surface area contributed by atoms with Crippen molar-refractivity contribution in [2.24, 2.45) is 0 Å². The van der Waals surface area contributed by atoms with Crippen molar-refractivity contribution in [3.05, 3.63) is 0 Å². The van der Waals surface area contributed by atoms with Crippen LogP contribution in [0.3, 0.4) is 0 Å². The van der Waals surface area contributed by atoms with Gasteiger partial charge in [0.15, 0.2) is 0 Å². The number of carbonyl (C=O) groups is 2. The van der Waals surface area contributed by atoms with E-state index in [1.54, 1.807) is 0 Å². The van der Waals surface area contributed by atoms with Crippen molar-refractivity contribution in [3.8, 4) is 0 Å². The van der Waals surface area contributed by atoms with E-state index in [1.165, 1.54) is 96.3 Å². The zero-order valence-corrected chi connectivity index (χ0v) is 22.6. The van der Waals surface area contributed by atoms with Gasteiger partial charge in [0.25, 0.3) is 0 Å². The van der Waals surface area contributed by atoms with Crippen molar-refractivity contribution >= 4 is 57.1 Å². The quantitative estimate of drug-likeness (QED) is 0.0533. The Morgan fingerprint density at radius 2 is 0.621 bits per heavy atom. The van der Waals surface area contributed by atoms with Gasteiger partial charge in [-0.3, -0.25) is 9.59 Å². The molecule has 0 aromatic heterocycles. The highest BCUT2D eigenvalue weighted by Crippen LogP contribution is 2.14. The summed E-state index contributed by atoms with van der Waals surface area (Å²) in [5.41, 5.74) is 0. The Labute approximate surface area is 206 Å².